The van der Waals surface area contributed by atoms with Crippen LogP contribution in [0.1, 0.15) is 6.92 Å². The molecule has 0 aromatic heterocycles. The van der Waals surface area contributed by atoms with Gasteiger partial charge in [0.15, 0.2) is 5.11 Å². The van der Waals surface area contributed by atoms with Crippen LogP contribution in [0, 0.1) is 0 Å². The molecule has 0 unspecified atom stereocenters. The lowest BCUT2D eigenvalue weighted by Gasteiger charge is -2.10. The Morgan fingerprint density at radius 1 is 1.39 bits per heavy atom. The first-order valence-electron chi connectivity index (χ1n) is 5.18. The second kappa shape index (κ2) is 7.41. The summed E-state index contributed by atoms with van der Waals surface area (Å²) in [7, 11) is 0. The summed E-state index contributed by atoms with van der Waals surface area (Å²) in [6.45, 7) is 2.10. The lowest BCUT2D eigenvalue weighted by molar-refractivity contribution is -0.141. The van der Waals surface area contributed by atoms with Crippen molar-refractivity contribution in [3.8, 4) is 0 Å². The number of nitrogens with one attached hydrogen (secondary N) is 2. The summed E-state index contributed by atoms with van der Waals surface area (Å²) in [5, 5.41) is 6.79. The third-order valence-corrected chi connectivity index (χ3v) is 2.86. The van der Waals surface area contributed by atoms with Crippen LogP contribution in [0.25, 0.3) is 0 Å². The quantitative estimate of drug-likeness (QED) is 0.662. The van der Waals surface area contributed by atoms with Crippen molar-refractivity contribution in [3.05, 3.63) is 28.2 Å². The largest absolute Gasteiger partial charge is 0.465 e. The molecule has 1 rings (SSSR count). The van der Waals surface area contributed by atoms with Crippen LogP contribution >= 0.6 is 35.4 Å². The normalized spacial score (nSPS) is 9.72. The van der Waals surface area contributed by atoms with E-state index in [9.17, 15) is 4.79 Å². The molecule has 0 aliphatic rings. The van der Waals surface area contributed by atoms with Gasteiger partial charge in [0.05, 0.1) is 16.7 Å². The standard InChI is InChI=1S/C11H12Cl2N2O2S/c1-2-17-10(16)6-14-11(18)15-7-3-4-8(12)9(13)5-7/h3-5H,2,6H2,1H3,(H2,14,15,18). The zero-order chi connectivity index (χ0) is 13.5. The Bertz CT molecular complexity index is 455. The molecule has 0 bridgehead atoms. The van der Waals surface area contributed by atoms with Gasteiger partial charge in [0.25, 0.3) is 0 Å². The number of esters is 1. The van der Waals surface area contributed by atoms with Crippen LogP contribution in [0.5, 0.6) is 0 Å². The molecule has 7 heteroatoms. The average molecular weight is 307 g/mol. The lowest BCUT2D eigenvalue weighted by Crippen LogP contribution is -2.33. The number of hydrogen-bond donors (Lipinski definition) is 2. The molecule has 0 saturated heterocycles. The van der Waals surface area contributed by atoms with E-state index in [0.29, 0.717) is 27.5 Å². The van der Waals surface area contributed by atoms with Crippen molar-refractivity contribution in [2.45, 2.75) is 6.92 Å². The maximum Gasteiger partial charge on any atom is 0.325 e. The van der Waals surface area contributed by atoms with Gasteiger partial charge in [0, 0.05) is 5.69 Å². The number of carbonyl (C=O) groups is 1. The van der Waals surface area contributed by atoms with E-state index < -0.39 is 0 Å². The number of halogens is 2. The van der Waals surface area contributed by atoms with Crippen molar-refractivity contribution in [3.63, 3.8) is 0 Å². The molecule has 2 N–H and O–H groups in total. The first kappa shape index (κ1) is 15.0. The molecular weight excluding hydrogens is 295 g/mol. The minimum Gasteiger partial charge on any atom is -0.465 e. The number of thiocarbonyl (C=S) groups is 1. The summed E-state index contributed by atoms with van der Waals surface area (Å²) in [4.78, 5) is 11.1. The van der Waals surface area contributed by atoms with E-state index in [1.165, 1.54) is 0 Å². The molecule has 0 fully saturated rings. The Kier molecular flexibility index (Phi) is 6.18. The van der Waals surface area contributed by atoms with Crippen LogP contribution in [0.15, 0.2) is 18.2 Å². The smallest absolute Gasteiger partial charge is 0.325 e. The molecule has 0 aliphatic heterocycles. The molecule has 98 valence electrons. The first-order valence-corrected chi connectivity index (χ1v) is 6.35. The highest BCUT2D eigenvalue weighted by Gasteiger charge is 2.04. The number of rotatable bonds is 4. The van der Waals surface area contributed by atoms with Crippen LogP contribution in [0.4, 0.5) is 5.69 Å². The number of carbonyl (C=O) groups excluding carboxylic acids is 1. The zero-order valence-corrected chi connectivity index (χ0v) is 12.0. The van der Waals surface area contributed by atoms with Gasteiger partial charge in [-0.1, -0.05) is 23.2 Å². The predicted octanol–water partition coefficient (Wildman–Crippen LogP) is 2.84. The highest BCUT2D eigenvalue weighted by atomic mass is 35.5. The van der Waals surface area contributed by atoms with E-state index in [1.54, 1.807) is 25.1 Å². The van der Waals surface area contributed by atoms with E-state index >= 15 is 0 Å². The Labute approximate surface area is 121 Å². The number of ether oxygens (including phenoxy) is 1. The average Bonchev–Trinajstić information content (AvgIpc) is 2.32. The van der Waals surface area contributed by atoms with Gasteiger partial charge in [-0.25, -0.2) is 0 Å². The summed E-state index contributed by atoms with van der Waals surface area (Å²) in [5.74, 6) is -0.365. The van der Waals surface area contributed by atoms with Crippen LogP contribution in [-0.4, -0.2) is 24.2 Å². The molecule has 0 heterocycles. The maximum atomic E-state index is 11.1. The van der Waals surface area contributed by atoms with Crippen molar-refractivity contribution >= 4 is 52.2 Å². The van der Waals surface area contributed by atoms with E-state index in [1.807, 2.05) is 0 Å². The van der Waals surface area contributed by atoms with Crippen LogP contribution in [0.3, 0.4) is 0 Å². The summed E-state index contributed by atoms with van der Waals surface area (Å²) in [6.07, 6.45) is 0. The fourth-order valence-corrected chi connectivity index (χ4v) is 1.60. The van der Waals surface area contributed by atoms with Gasteiger partial charge in [0.1, 0.15) is 6.54 Å². The summed E-state index contributed by atoms with van der Waals surface area (Å²) in [5.41, 5.74) is 0.686. The molecule has 0 amide bonds. The van der Waals surface area contributed by atoms with Gasteiger partial charge in [0.2, 0.25) is 0 Å². The highest BCUT2D eigenvalue weighted by molar-refractivity contribution is 7.80. The molecular formula is C11H12Cl2N2O2S. The van der Waals surface area contributed by atoms with Crippen molar-refractivity contribution in [2.75, 3.05) is 18.5 Å². The Balaban J connectivity index is 2.44. The van der Waals surface area contributed by atoms with Crippen molar-refractivity contribution < 1.29 is 9.53 Å². The molecule has 4 nitrogen and oxygen atoms in total. The highest BCUT2D eigenvalue weighted by Crippen LogP contribution is 2.24. The lowest BCUT2D eigenvalue weighted by atomic mass is 10.3. The fourth-order valence-electron chi connectivity index (χ4n) is 1.11. The molecule has 0 aliphatic carbocycles. The molecule has 0 radical (unpaired) electrons. The minimum absolute atomic E-state index is 0.0149. The third kappa shape index (κ3) is 5.08. The second-order valence-corrected chi connectivity index (χ2v) is 4.46. The van der Waals surface area contributed by atoms with Gasteiger partial charge in [-0.05, 0) is 37.3 Å². The van der Waals surface area contributed by atoms with Gasteiger partial charge in [-0.2, -0.15) is 0 Å². The fraction of sp³-hybridized carbons (Fsp3) is 0.273. The molecule has 1 aromatic carbocycles. The van der Waals surface area contributed by atoms with Crippen molar-refractivity contribution in [1.82, 2.24) is 5.32 Å². The monoisotopic (exact) mass is 306 g/mol. The molecule has 0 saturated carbocycles. The van der Waals surface area contributed by atoms with Gasteiger partial charge < -0.3 is 15.4 Å². The Hall–Kier alpha value is -1.04. The summed E-state index contributed by atoms with van der Waals surface area (Å²) >= 11 is 16.7. The van der Waals surface area contributed by atoms with Crippen LogP contribution < -0.4 is 10.6 Å². The van der Waals surface area contributed by atoms with Crippen LogP contribution in [0.2, 0.25) is 10.0 Å². The maximum absolute atomic E-state index is 11.1. The topological polar surface area (TPSA) is 50.4 Å². The molecule has 0 atom stereocenters. The molecule has 0 spiro atoms. The first-order chi connectivity index (χ1) is 8.52. The van der Waals surface area contributed by atoms with E-state index in [2.05, 4.69) is 10.6 Å². The Morgan fingerprint density at radius 2 is 2.11 bits per heavy atom. The Morgan fingerprint density at radius 3 is 2.72 bits per heavy atom. The van der Waals surface area contributed by atoms with E-state index in [-0.39, 0.29) is 12.5 Å². The SMILES string of the molecule is CCOC(=O)CNC(=S)Nc1ccc(Cl)c(Cl)c1. The number of anilines is 1. The minimum atomic E-state index is -0.365. The van der Waals surface area contributed by atoms with E-state index in [4.69, 9.17) is 40.2 Å². The number of benzene rings is 1. The van der Waals surface area contributed by atoms with Gasteiger partial charge in [-0.3, -0.25) is 4.79 Å². The van der Waals surface area contributed by atoms with Crippen molar-refractivity contribution in [2.24, 2.45) is 0 Å². The van der Waals surface area contributed by atoms with Gasteiger partial charge >= 0.3 is 5.97 Å². The molecule has 1 aromatic rings. The van der Waals surface area contributed by atoms with E-state index in [0.717, 1.165) is 0 Å². The summed E-state index contributed by atoms with van der Waals surface area (Å²) in [6, 6.07) is 5.02. The van der Waals surface area contributed by atoms with Crippen molar-refractivity contribution in [1.29, 1.82) is 0 Å². The number of hydrogen-bond acceptors (Lipinski definition) is 3. The zero-order valence-electron chi connectivity index (χ0n) is 9.63. The predicted molar refractivity (Wildman–Crippen MR) is 77.3 cm³/mol. The van der Waals surface area contributed by atoms with Crippen LogP contribution in [-0.2, 0) is 9.53 Å². The van der Waals surface area contributed by atoms with Gasteiger partial charge in [-0.15, -0.1) is 0 Å². The second-order valence-electron chi connectivity index (χ2n) is 3.24. The third-order valence-electron chi connectivity index (χ3n) is 1.88. The summed E-state index contributed by atoms with van der Waals surface area (Å²) < 4.78 is 4.75. The molecule has 18 heavy (non-hydrogen) atoms.